The molecule has 0 radical (unpaired) electrons. The molecule has 0 unspecified atom stereocenters. The van der Waals surface area contributed by atoms with E-state index in [-0.39, 0.29) is 0 Å². The second-order valence-corrected chi connectivity index (χ2v) is 7.13. The molecule has 4 heteroatoms. The molecule has 3 rings (SSSR count). The predicted octanol–water partition coefficient (Wildman–Crippen LogP) is 3.35. The molecule has 1 fully saturated rings. The van der Waals surface area contributed by atoms with Crippen LogP contribution in [0.15, 0.2) is 36.7 Å². The van der Waals surface area contributed by atoms with E-state index in [4.69, 9.17) is 0 Å². The summed E-state index contributed by atoms with van der Waals surface area (Å²) in [5.74, 6) is 0. The van der Waals surface area contributed by atoms with Gasteiger partial charge in [-0.15, -0.1) is 0 Å². The molecule has 2 aromatic rings. The molecule has 24 heavy (non-hydrogen) atoms. The normalized spacial score (nSPS) is 19.7. The quantitative estimate of drug-likeness (QED) is 0.813. The Hall–Kier alpha value is -1.65. The van der Waals surface area contributed by atoms with Gasteiger partial charge in [-0.3, -0.25) is 4.90 Å². The number of piperazine rings is 1. The van der Waals surface area contributed by atoms with Gasteiger partial charge in [0.2, 0.25) is 0 Å². The van der Waals surface area contributed by atoms with Gasteiger partial charge in [0.15, 0.2) is 0 Å². The van der Waals surface area contributed by atoms with E-state index in [1.807, 2.05) is 10.9 Å². The van der Waals surface area contributed by atoms with Crippen molar-refractivity contribution >= 4 is 0 Å². The fraction of sp³-hybridized carbons (Fsp3) is 0.550. The number of hydrogen-bond donors (Lipinski definition) is 0. The van der Waals surface area contributed by atoms with Gasteiger partial charge in [-0.05, 0) is 44.5 Å². The van der Waals surface area contributed by atoms with Crippen LogP contribution in [-0.2, 0) is 13.0 Å². The lowest BCUT2D eigenvalue weighted by Crippen LogP contribution is -2.49. The summed E-state index contributed by atoms with van der Waals surface area (Å²) in [5.41, 5.74) is 3.86. The van der Waals surface area contributed by atoms with Crippen LogP contribution in [0.3, 0.4) is 0 Å². The zero-order valence-corrected chi connectivity index (χ0v) is 15.3. The van der Waals surface area contributed by atoms with Crippen molar-refractivity contribution in [1.29, 1.82) is 0 Å². The van der Waals surface area contributed by atoms with E-state index in [0.717, 1.165) is 31.9 Å². The van der Waals surface area contributed by atoms with E-state index < -0.39 is 0 Å². The average Bonchev–Trinajstić information content (AvgIpc) is 3.05. The smallest absolute Gasteiger partial charge is 0.0645 e. The molecule has 1 aromatic carbocycles. The Balaban J connectivity index is 1.61. The summed E-state index contributed by atoms with van der Waals surface area (Å²) in [6, 6.07) is 9.45. The van der Waals surface area contributed by atoms with Crippen LogP contribution in [0.2, 0.25) is 0 Å². The zero-order chi connectivity index (χ0) is 16.9. The van der Waals surface area contributed by atoms with Gasteiger partial charge >= 0.3 is 0 Å². The van der Waals surface area contributed by atoms with Gasteiger partial charge in [-0.2, -0.15) is 5.10 Å². The molecule has 0 N–H and O–H groups in total. The van der Waals surface area contributed by atoms with E-state index in [9.17, 15) is 0 Å². The third-order valence-electron chi connectivity index (χ3n) is 5.11. The van der Waals surface area contributed by atoms with E-state index >= 15 is 0 Å². The number of aryl methyl sites for hydroxylation is 1. The molecule has 1 aliphatic heterocycles. The largest absolute Gasteiger partial charge is 0.301 e. The van der Waals surface area contributed by atoms with Crippen molar-refractivity contribution in [3.63, 3.8) is 0 Å². The van der Waals surface area contributed by atoms with Crippen LogP contribution in [0.25, 0.3) is 5.69 Å². The van der Waals surface area contributed by atoms with Crippen molar-refractivity contribution in [3.8, 4) is 5.69 Å². The third-order valence-corrected chi connectivity index (χ3v) is 5.11. The van der Waals surface area contributed by atoms with E-state index in [2.05, 4.69) is 66.3 Å². The van der Waals surface area contributed by atoms with Crippen LogP contribution in [0.5, 0.6) is 0 Å². The molecule has 1 saturated heterocycles. The maximum absolute atomic E-state index is 4.56. The number of rotatable bonds is 6. The van der Waals surface area contributed by atoms with Crippen molar-refractivity contribution in [2.75, 3.05) is 26.7 Å². The summed E-state index contributed by atoms with van der Waals surface area (Å²) in [6.07, 6.45) is 7.85. The first-order valence-corrected chi connectivity index (χ1v) is 9.21. The summed E-state index contributed by atoms with van der Waals surface area (Å²) < 4.78 is 2.00. The fourth-order valence-corrected chi connectivity index (χ4v) is 3.30. The minimum absolute atomic E-state index is 0.629. The van der Waals surface area contributed by atoms with Crippen molar-refractivity contribution in [2.24, 2.45) is 0 Å². The highest BCUT2D eigenvalue weighted by molar-refractivity contribution is 5.34. The maximum atomic E-state index is 4.56. The fourth-order valence-electron chi connectivity index (χ4n) is 3.30. The lowest BCUT2D eigenvalue weighted by molar-refractivity contribution is 0.1000. The topological polar surface area (TPSA) is 24.3 Å². The van der Waals surface area contributed by atoms with Crippen LogP contribution < -0.4 is 0 Å². The molecule has 4 nitrogen and oxygen atoms in total. The molecule has 1 aliphatic rings. The Bertz CT molecular complexity index is 631. The highest BCUT2D eigenvalue weighted by Gasteiger charge is 2.20. The summed E-state index contributed by atoms with van der Waals surface area (Å²) in [7, 11) is 2.21. The van der Waals surface area contributed by atoms with E-state index in [1.165, 1.54) is 30.4 Å². The molecule has 0 saturated carbocycles. The molecule has 130 valence electrons. The lowest BCUT2D eigenvalue weighted by Gasteiger charge is -2.37. The molecule has 0 spiro atoms. The molecule has 2 heterocycles. The number of aromatic nitrogens is 2. The van der Waals surface area contributed by atoms with Crippen LogP contribution in [0, 0.1) is 0 Å². The molecule has 0 bridgehead atoms. The van der Waals surface area contributed by atoms with Gasteiger partial charge in [-0.1, -0.05) is 25.5 Å². The molecule has 1 aromatic heterocycles. The number of nitrogens with zero attached hydrogens (tertiary/aromatic N) is 4. The summed E-state index contributed by atoms with van der Waals surface area (Å²) in [6.45, 7) is 8.95. The van der Waals surface area contributed by atoms with Gasteiger partial charge in [0, 0.05) is 44.0 Å². The van der Waals surface area contributed by atoms with Gasteiger partial charge in [0.05, 0.1) is 11.9 Å². The van der Waals surface area contributed by atoms with Gasteiger partial charge in [-0.25, -0.2) is 4.68 Å². The molecular weight excluding hydrogens is 296 g/mol. The van der Waals surface area contributed by atoms with Gasteiger partial charge in [0.1, 0.15) is 0 Å². The monoisotopic (exact) mass is 326 g/mol. The molecule has 1 atom stereocenters. The Morgan fingerprint density at radius 1 is 1.12 bits per heavy atom. The second-order valence-electron chi connectivity index (χ2n) is 7.13. The van der Waals surface area contributed by atoms with Crippen LogP contribution in [0.4, 0.5) is 0 Å². The van der Waals surface area contributed by atoms with Crippen molar-refractivity contribution in [2.45, 2.75) is 45.7 Å². The number of unbranched alkanes of at least 4 members (excludes halogenated alkanes) is 1. The molecule has 0 aliphatic carbocycles. The number of benzene rings is 1. The second kappa shape index (κ2) is 7.95. The van der Waals surface area contributed by atoms with Gasteiger partial charge in [0.25, 0.3) is 0 Å². The highest BCUT2D eigenvalue weighted by Crippen LogP contribution is 2.15. The minimum atomic E-state index is 0.629. The van der Waals surface area contributed by atoms with Crippen molar-refractivity contribution in [3.05, 3.63) is 47.8 Å². The lowest BCUT2D eigenvalue weighted by atomic mass is 10.1. The first-order chi connectivity index (χ1) is 11.7. The number of likely N-dealkylation sites (N-methyl/N-ethyl adjacent to an activating group) is 1. The van der Waals surface area contributed by atoms with Gasteiger partial charge < -0.3 is 4.90 Å². The summed E-state index contributed by atoms with van der Waals surface area (Å²) >= 11 is 0. The summed E-state index contributed by atoms with van der Waals surface area (Å²) in [5, 5.41) is 4.56. The maximum Gasteiger partial charge on any atom is 0.0645 e. The number of hydrogen-bond acceptors (Lipinski definition) is 3. The molecular formula is C20H30N4. The van der Waals surface area contributed by atoms with E-state index in [1.54, 1.807) is 0 Å². The van der Waals surface area contributed by atoms with Crippen molar-refractivity contribution < 1.29 is 0 Å². The Labute approximate surface area is 146 Å². The average molecular weight is 326 g/mol. The van der Waals surface area contributed by atoms with Crippen molar-refractivity contribution in [1.82, 2.24) is 19.6 Å². The Morgan fingerprint density at radius 2 is 1.92 bits per heavy atom. The Morgan fingerprint density at radius 3 is 2.62 bits per heavy atom. The summed E-state index contributed by atoms with van der Waals surface area (Å²) in [4.78, 5) is 4.96. The Kier molecular flexibility index (Phi) is 5.69. The third kappa shape index (κ3) is 4.25. The van der Waals surface area contributed by atoms with Crippen LogP contribution in [-0.4, -0.2) is 52.3 Å². The zero-order valence-electron chi connectivity index (χ0n) is 15.3. The first-order valence-electron chi connectivity index (χ1n) is 9.21. The minimum Gasteiger partial charge on any atom is -0.301 e. The van der Waals surface area contributed by atoms with Crippen LogP contribution >= 0.6 is 0 Å². The first kappa shape index (κ1) is 17.2. The standard InChI is InChI=1S/C20H30N4/c1-4-5-6-18-7-9-20(10-8-18)24-16-19(13-21-24)15-23-12-11-22(3)17(2)14-23/h7-10,13,16-17H,4-6,11-12,14-15H2,1-3H3/t17-/m1/s1. The SMILES string of the molecule is CCCCc1ccc(-n2cc(CN3CCN(C)[C@H](C)C3)cn2)cc1. The van der Waals surface area contributed by atoms with E-state index in [0.29, 0.717) is 6.04 Å². The predicted molar refractivity (Wildman–Crippen MR) is 99.5 cm³/mol. The molecule has 0 amide bonds. The van der Waals surface area contributed by atoms with Crippen LogP contribution in [0.1, 0.15) is 37.8 Å². The highest BCUT2D eigenvalue weighted by atomic mass is 15.3.